The van der Waals surface area contributed by atoms with E-state index in [0.29, 0.717) is 23.3 Å². The van der Waals surface area contributed by atoms with E-state index in [-0.39, 0.29) is 11.3 Å². The average Bonchev–Trinajstić information content (AvgIpc) is 2.87. The van der Waals surface area contributed by atoms with E-state index in [1.807, 2.05) is 0 Å². The van der Waals surface area contributed by atoms with Gasteiger partial charge in [-0.15, -0.1) is 0 Å². The van der Waals surface area contributed by atoms with Crippen LogP contribution in [0, 0.1) is 0 Å². The van der Waals surface area contributed by atoms with Crippen LogP contribution in [-0.2, 0) is 13.0 Å². The lowest BCUT2D eigenvalue weighted by molar-refractivity contribution is 0.254. The number of fused-ring (bicyclic) bond motifs is 1. The van der Waals surface area contributed by atoms with Gasteiger partial charge in [-0.1, -0.05) is 11.3 Å². The summed E-state index contributed by atoms with van der Waals surface area (Å²) in [6.45, 7) is 1.40. The van der Waals surface area contributed by atoms with Gasteiger partial charge in [0.05, 0.1) is 12.2 Å². The van der Waals surface area contributed by atoms with Crippen LogP contribution in [0.3, 0.4) is 0 Å². The molecule has 2 aromatic rings. The molecule has 0 radical (unpaired) electrons. The number of carbonyl (C=O) groups is 1. The Bertz CT molecular complexity index is 699. The van der Waals surface area contributed by atoms with Crippen LogP contribution in [0.5, 0.6) is 0 Å². The number of hydrogen-bond donors (Lipinski definition) is 3. The zero-order valence-electron chi connectivity index (χ0n) is 11.8. The average molecular weight is 340 g/mol. The Hall–Kier alpha value is -2.13. The highest BCUT2D eigenvalue weighted by molar-refractivity contribution is 7.15. The second kappa shape index (κ2) is 5.93. The van der Waals surface area contributed by atoms with Gasteiger partial charge in [-0.05, 0) is 11.6 Å². The molecule has 3 heterocycles. The van der Waals surface area contributed by atoms with Gasteiger partial charge in [0, 0.05) is 31.0 Å². The molecule has 1 aliphatic heterocycles. The van der Waals surface area contributed by atoms with Gasteiger partial charge in [-0.3, -0.25) is 5.32 Å². The Kier molecular flexibility index (Phi) is 3.99. The van der Waals surface area contributed by atoms with Gasteiger partial charge in [-0.2, -0.15) is 0 Å². The van der Waals surface area contributed by atoms with Gasteiger partial charge >= 0.3 is 6.03 Å². The van der Waals surface area contributed by atoms with Crippen LogP contribution in [-0.4, -0.2) is 34.6 Å². The summed E-state index contributed by atoms with van der Waals surface area (Å²) >= 11 is 7.31. The number of nitrogens with one attached hydrogen (secondary N) is 2. The van der Waals surface area contributed by atoms with Crippen molar-refractivity contribution in [3.63, 3.8) is 0 Å². The first-order valence-electron chi connectivity index (χ1n) is 6.57. The summed E-state index contributed by atoms with van der Waals surface area (Å²) in [4.78, 5) is 27.0. The van der Waals surface area contributed by atoms with Crippen LogP contribution in [0.1, 0.15) is 10.6 Å². The maximum absolute atomic E-state index is 11.3. The summed E-state index contributed by atoms with van der Waals surface area (Å²) in [7, 11) is 1.56. The van der Waals surface area contributed by atoms with Crippen LogP contribution in [0.25, 0.3) is 0 Å². The van der Waals surface area contributed by atoms with Crippen molar-refractivity contribution >= 4 is 45.7 Å². The lowest BCUT2D eigenvalue weighted by atomic mass is 10.2. The number of aromatic nitrogens is 3. The van der Waals surface area contributed by atoms with Crippen LogP contribution < -0.4 is 21.3 Å². The zero-order chi connectivity index (χ0) is 15.7. The zero-order valence-corrected chi connectivity index (χ0v) is 13.3. The minimum Gasteiger partial charge on any atom is -0.383 e. The van der Waals surface area contributed by atoms with Crippen LogP contribution in [0.15, 0.2) is 6.07 Å². The molecular formula is C12H14ClN7OS. The van der Waals surface area contributed by atoms with Crippen LogP contribution in [0.4, 0.5) is 21.6 Å². The van der Waals surface area contributed by atoms with Crippen LogP contribution >= 0.6 is 22.9 Å². The molecule has 10 heteroatoms. The normalized spacial score (nSPS) is 13.6. The number of nitrogens with zero attached hydrogens (tertiary/aromatic N) is 4. The maximum Gasteiger partial charge on any atom is 0.320 e. The first kappa shape index (κ1) is 14.8. The number of thiazole rings is 1. The minimum atomic E-state index is -0.279. The summed E-state index contributed by atoms with van der Waals surface area (Å²) in [5, 5.41) is 5.92. The van der Waals surface area contributed by atoms with Crippen molar-refractivity contribution in [2.75, 3.05) is 29.5 Å². The molecule has 1 aliphatic rings. The van der Waals surface area contributed by atoms with Crippen molar-refractivity contribution in [1.29, 1.82) is 0 Å². The molecule has 2 amide bonds. The monoisotopic (exact) mass is 339 g/mol. The largest absolute Gasteiger partial charge is 0.383 e. The van der Waals surface area contributed by atoms with E-state index in [0.717, 1.165) is 23.5 Å². The van der Waals surface area contributed by atoms with Gasteiger partial charge in [0.1, 0.15) is 11.6 Å². The van der Waals surface area contributed by atoms with Gasteiger partial charge in [0.15, 0.2) is 5.13 Å². The third-order valence-corrected chi connectivity index (χ3v) is 4.37. The highest BCUT2D eigenvalue weighted by Gasteiger charge is 2.22. The van der Waals surface area contributed by atoms with Crippen molar-refractivity contribution in [3.05, 3.63) is 21.9 Å². The van der Waals surface area contributed by atoms with Gasteiger partial charge in [0.25, 0.3) is 0 Å². The lowest BCUT2D eigenvalue weighted by Gasteiger charge is -2.27. The predicted octanol–water partition coefficient (Wildman–Crippen LogP) is 1.48. The fourth-order valence-corrected chi connectivity index (χ4v) is 3.39. The van der Waals surface area contributed by atoms with Gasteiger partial charge in [0.2, 0.25) is 5.28 Å². The molecule has 0 bridgehead atoms. The summed E-state index contributed by atoms with van der Waals surface area (Å²) in [5.41, 5.74) is 6.71. The van der Waals surface area contributed by atoms with E-state index in [4.69, 9.17) is 17.3 Å². The predicted molar refractivity (Wildman–Crippen MR) is 86.4 cm³/mol. The Morgan fingerprint density at radius 2 is 2.27 bits per heavy atom. The molecule has 0 saturated heterocycles. The number of nitrogen functional groups attached to an aromatic ring is 1. The Balaban J connectivity index is 1.80. The maximum atomic E-state index is 11.3. The summed E-state index contributed by atoms with van der Waals surface area (Å²) in [6.07, 6.45) is 0.767. The molecule has 0 spiro atoms. The number of nitrogens with two attached hydrogens (primary N) is 1. The Labute approximate surface area is 135 Å². The highest BCUT2D eigenvalue weighted by atomic mass is 35.5. The molecule has 0 unspecified atom stereocenters. The first-order valence-corrected chi connectivity index (χ1v) is 7.77. The Morgan fingerprint density at radius 1 is 1.45 bits per heavy atom. The topological polar surface area (TPSA) is 109 Å². The quantitative estimate of drug-likeness (QED) is 0.715. The van der Waals surface area contributed by atoms with Crippen molar-refractivity contribution in [1.82, 2.24) is 20.3 Å². The number of anilines is 3. The molecule has 0 aliphatic carbocycles. The molecule has 22 heavy (non-hydrogen) atoms. The summed E-state index contributed by atoms with van der Waals surface area (Å²) < 4.78 is 0. The van der Waals surface area contributed by atoms with Crippen molar-refractivity contribution < 1.29 is 4.79 Å². The number of amides is 2. The van der Waals surface area contributed by atoms with Crippen LogP contribution in [0.2, 0.25) is 5.28 Å². The molecule has 0 saturated carbocycles. The van der Waals surface area contributed by atoms with E-state index in [2.05, 4.69) is 30.5 Å². The van der Waals surface area contributed by atoms with E-state index in [9.17, 15) is 4.79 Å². The molecule has 2 aromatic heterocycles. The molecule has 4 N–H and O–H groups in total. The lowest BCUT2D eigenvalue weighted by Crippen LogP contribution is -2.30. The fourth-order valence-electron chi connectivity index (χ4n) is 2.19. The number of rotatable bonds is 2. The Morgan fingerprint density at radius 3 is 3.00 bits per heavy atom. The third kappa shape index (κ3) is 3.04. The van der Waals surface area contributed by atoms with E-state index >= 15 is 0 Å². The molecule has 0 aromatic carbocycles. The fraction of sp³-hybridized carbons (Fsp3) is 0.333. The smallest absolute Gasteiger partial charge is 0.320 e. The van der Waals surface area contributed by atoms with E-state index in [1.54, 1.807) is 13.1 Å². The highest BCUT2D eigenvalue weighted by Crippen LogP contribution is 2.30. The van der Waals surface area contributed by atoms with Crippen molar-refractivity contribution in [2.24, 2.45) is 0 Å². The molecule has 3 rings (SSSR count). The third-order valence-electron chi connectivity index (χ3n) is 3.21. The standard InChI is InChI=1S/C12H14ClN7OS/c1-15-11(21)19-12-16-6-2-3-20(5-7(6)22-12)9-4-8(14)17-10(13)18-9/h4H,2-3,5H2,1H3,(H2,14,17,18)(H2,15,16,19,21). The van der Waals surface area contributed by atoms with E-state index < -0.39 is 0 Å². The molecule has 116 valence electrons. The molecular weight excluding hydrogens is 326 g/mol. The SMILES string of the molecule is CNC(=O)Nc1nc2c(s1)CN(c1cc(N)nc(Cl)n1)CC2. The van der Waals surface area contributed by atoms with Gasteiger partial charge in [-0.25, -0.2) is 19.7 Å². The van der Waals surface area contributed by atoms with Crippen molar-refractivity contribution in [3.8, 4) is 0 Å². The van der Waals surface area contributed by atoms with E-state index in [1.165, 1.54) is 11.3 Å². The second-order valence-corrected chi connectivity index (χ2v) is 6.11. The number of hydrogen-bond acceptors (Lipinski definition) is 7. The van der Waals surface area contributed by atoms with Gasteiger partial charge < -0.3 is 16.0 Å². The molecule has 8 nitrogen and oxygen atoms in total. The number of carbonyl (C=O) groups excluding carboxylic acids is 1. The molecule has 0 fully saturated rings. The minimum absolute atomic E-state index is 0.132. The number of urea groups is 1. The number of halogens is 1. The summed E-state index contributed by atoms with van der Waals surface area (Å²) in [5.74, 6) is 1.03. The first-order chi connectivity index (χ1) is 10.5. The van der Waals surface area contributed by atoms with Crippen molar-refractivity contribution in [2.45, 2.75) is 13.0 Å². The summed E-state index contributed by atoms with van der Waals surface area (Å²) in [6, 6.07) is 1.42. The second-order valence-electron chi connectivity index (χ2n) is 4.68. The molecule has 0 atom stereocenters.